The van der Waals surface area contributed by atoms with E-state index in [2.05, 4.69) is 0 Å². The lowest BCUT2D eigenvalue weighted by atomic mass is 10.1. The molecule has 15 heavy (non-hydrogen) atoms. The van der Waals surface area contributed by atoms with Crippen LogP contribution in [0.5, 0.6) is 0 Å². The smallest absolute Gasteiger partial charge is 0.175 e. The van der Waals surface area contributed by atoms with Gasteiger partial charge in [-0.05, 0) is 12.7 Å². The second-order valence-electron chi connectivity index (χ2n) is 3.02. The van der Waals surface area contributed by atoms with Gasteiger partial charge in [-0.3, -0.25) is 0 Å². The highest BCUT2D eigenvalue weighted by Crippen LogP contribution is 2.30. The number of benzene rings is 1. The Morgan fingerprint density at radius 1 is 0.933 bits per heavy atom. The summed E-state index contributed by atoms with van der Waals surface area (Å²) in [6.45, 7) is 1.68. The van der Waals surface area contributed by atoms with Gasteiger partial charge in [0.1, 0.15) is 0 Å². The van der Waals surface area contributed by atoms with Gasteiger partial charge in [0.2, 0.25) is 0 Å². The average Bonchev–Trinajstić information content (AvgIpc) is 2.23. The molecule has 0 radical (unpaired) electrons. The lowest BCUT2D eigenvalue weighted by Gasteiger charge is -2.09. The van der Waals surface area contributed by atoms with Crippen molar-refractivity contribution >= 4 is 11.8 Å². The van der Waals surface area contributed by atoms with Crippen LogP contribution in [0, 0.1) is 23.3 Å². The Bertz CT molecular complexity index is 347. The topological polar surface area (TPSA) is 0 Å². The fourth-order valence-electron chi connectivity index (χ4n) is 1.31. The van der Waals surface area contributed by atoms with E-state index in [1.54, 1.807) is 6.92 Å². The maximum Gasteiger partial charge on any atom is 0.175 e. The van der Waals surface area contributed by atoms with Gasteiger partial charge in [0.15, 0.2) is 23.3 Å². The molecular formula is C10H10F4S. The van der Waals surface area contributed by atoms with E-state index in [-0.39, 0.29) is 6.42 Å². The first-order chi connectivity index (χ1) is 7.04. The van der Waals surface area contributed by atoms with Crippen LogP contribution in [-0.2, 0) is 6.42 Å². The van der Waals surface area contributed by atoms with Crippen molar-refractivity contribution in [2.24, 2.45) is 0 Å². The van der Waals surface area contributed by atoms with Crippen molar-refractivity contribution in [3.8, 4) is 0 Å². The highest BCUT2D eigenvalue weighted by molar-refractivity contribution is 7.98. The third-order valence-electron chi connectivity index (χ3n) is 2.02. The third-order valence-corrected chi connectivity index (χ3v) is 2.78. The average molecular weight is 238 g/mol. The van der Waals surface area contributed by atoms with Crippen LogP contribution >= 0.6 is 11.8 Å². The van der Waals surface area contributed by atoms with Crippen LogP contribution in [-0.4, -0.2) is 6.26 Å². The number of thioether (sulfide) groups is 1. The Hall–Kier alpha value is -0.710. The summed E-state index contributed by atoms with van der Waals surface area (Å²) in [5.74, 6) is -5.16. The summed E-state index contributed by atoms with van der Waals surface area (Å²) < 4.78 is 53.0. The number of hydrogen-bond donors (Lipinski definition) is 0. The van der Waals surface area contributed by atoms with Crippen molar-refractivity contribution in [3.63, 3.8) is 0 Å². The molecule has 0 aliphatic heterocycles. The molecule has 0 unspecified atom stereocenters. The predicted molar refractivity (Wildman–Crippen MR) is 52.1 cm³/mol. The van der Waals surface area contributed by atoms with Crippen molar-refractivity contribution in [1.82, 2.24) is 0 Å². The fourth-order valence-corrected chi connectivity index (χ4v) is 1.84. The van der Waals surface area contributed by atoms with Gasteiger partial charge in [-0.25, -0.2) is 17.6 Å². The Morgan fingerprint density at radius 2 is 1.40 bits per heavy atom. The van der Waals surface area contributed by atoms with Gasteiger partial charge in [0, 0.05) is 5.56 Å². The minimum absolute atomic E-state index is 0.0137. The summed E-state index contributed by atoms with van der Waals surface area (Å²) in [6, 6.07) is 0. The van der Waals surface area contributed by atoms with Crippen LogP contribution in [0.25, 0.3) is 0 Å². The molecule has 0 aliphatic carbocycles. The molecule has 84 valence electrons. The van der Waals surface area contributed by atoms with E-state index in [0.29, 0.717) is 18.2 Å². The molecule has 0 N–H and O–H groups in total. The Balaban J connectivity index is 3.44. The van der Waals surface area contributed by atoms with Crippen LogP contribution in [0.4, 0.5) is 17.6 Å². The molecule has 1 aromatic carbocycles. The first kappa shape index (κ1) is 12.4. The molecule has 5 heteroatoms. The van der Waals surface area contributed by atoms with Gasteiger partial charge in [-0.1, -0.05) is 13.3 Å². The first-order valence-electron chi connectivity index (χ1n) is 4.43. The van der Waals surface area contributed by atoms with Crippen molar-refractivity contribution in [2.75, 3.05) is 6.26 Å². The monoisotopic (exact) mass is 238 g/mol. The second kappa shape index (κ2) is 4.88. The van der Waals surface area contributed by atoms with E-state index in [1.165, 1.54) is 6.26 Å². The Labute approximate surface area is 89.7 Å². The molecule has 0 aliphatic rings. The molecule has 0 aromatic heterocycles. The van der Waals surface area contributed by atoms with E-state index >= 15 is 0 Å². The van der Waals surface area contributed by atoms with Crippen molar-refractivity contribution < 1.29 is 17.6 Å². The largest absolute Gasteiger partial charge is 0.203 e. The lowest BCUT2D eigenvalue weighted by Crippen LogP contribution is -2.05. The molecular weight excluding hydrogens is 228 g/mol. The third kappa shape index (κ3) is 2.12. The molecule has 0 bridgehead atoms. The van der Waals surface area contributed by atoms with E-state index in [1.807, 2.05) is 0 Å². The molecule has 1 rings (SSSR count). The summed E-state index contributed by atoms with van der Waals surface area (Å²) in [6.07, 6.45) is 1.77. The molecule has 0 spiro atoms. The molecule has 0 atom stereocenters. The van der Waals surface area contributed by atoms with Gasteiger partial charge < -0.3 is 0 Å². The summed E-state index contributed by atoms with van der Waals surface area (Å²) in [4.78, 5) is -0.607. The number of halogens is 4. The second-order valence-corrected chi connectivity index (χ2v) is 3.83. The van der Waals surface area contributed by atoms with E-state index in [4.69, 9.17) is 0 Å². The Morgan fingerprint density at radius 3 is 1.73 bits per heavy atom. The lowest BCUT2D eigenvalue weighted by molar-refractivity contribution is 0.412. The zero-order valence-electron chi connectivity index (χ0n) is 8.33. The molecule has 1 aromatic rings. The highest BCUT2D eigenvalue weighted by Gasteiger charge is 2.23. The quantitative estimate of drug-likeness (QED) is 0.437. The minimum atomic E-state index is -1.30. The standard InChI is InChI=1S/C10H10F4S/c1-3-4-5-6(11)8(13)10(15-2)9(14)7(5)12/h3-4H2,1-2H3. The molecule has 0 nitrogen and oxygen atoms in total. The number of hydrogen-bond acceptors (Lipinski definition) is 1. The molecule has 0 fully saturated rings. The maximum absolute atomic E-state index is 13.3. The minimum Gasteiger partial charge on any atom is -0.203 e. The molecule has 0 heterocycles. The fraction of sp³-hybridized carbons (Fsp3) is 0.400. The Kier molecular flexibility index (Phi) is 4.02. The van der Waals surface area contributed by atoms with Crippen LogP contribution < -0.4 is 0 Å². The van der Waals surface area contributed by atoms with E-state index in [9.17, 15) is 17.6 Å². The van der Waals surface area contributed by atoms with Gasteiger partial charge >= 0.3 is 0 Å². The highest BCUT2D eigenvalue weighted by atomic mass is 32.2. The number of rotatable bonds is 3. The predicted octanol–water partition coefficient (Wildman–Crippen LogP) is 3.92. The van der Waals surface area contributed by atoms with Crippen LogP contribution in [0.3, 0.4) is 0 Å². The maximum atomic E-state index is 13.3. The molecule has 0 amide bonds. The zero-order chi connectivity index (χ0) is 11.6. The van der Waals surface area contributed by atoms with Crippen LogP contribution in [0.15, 0.2) is 4.90 Å². The van der Waals surface area contributed by atoms with E-state index < -0.39 is 33.7 Å². The summed E-state index contributed by atoms with van der Waals surface area (Å²) in [5.41, 5.74) is -0.509. The van der Waals surface area contributed by atoms with Gasteiger partial charge in [-0.15, -0.1) is 11.8 Å². The van der Waals surface area contributed by atoms with Gasteiger partial charge in [0.25, 0.3) is 0 Å². The first-order valence-corrected chi connectivity index (χ1v) is 5.65. The van der Waals surface area contributed by atoms with Gasteiger partial charge in [0.05, 0.1) is 4.90 Å². The summed E-state index contributed by atoms with van der Waals surface area (Å²) >= 11 is 0.647. The SMILES string of the molecule is CCCc1c(F)c(F)c(SC)c(F)c1F. The van der Waals surface area contributed by atoms with E-state index in [0.717, 1.165) is 0 Å². The van der Waals surface area contributed by atoms with Gasteiger partial charge in [-0.2, -0.15) is 0 Å². The van der Waals surface area contributed by atoms with Crippen molar-refractivity contribution in [2.45, 2.75) is 24.7 Å². The normalized spacial score (nSPS) is 10.8. The zero-order valence-corrected chi connectivity index (χ0v) is 9.15. The molecule has 0 saturated heterocycles. The van der Waals surface area contributed by atoms with Crippen LogP contribution in [0.1, 0.15) is 18.9 Å². The van der Waals surface area contributed by atoms with Crippen molar-refractivity contribution in [3.05, 3.63) is 28.8 Å². The molecule has 0 saturated carbocycles. The summed E-state index contributed by atoms with van der Waals surface area (Å²) in [7, 11) is 0. The summed E-state index contributed by atoms with van der Waals surface area (Å²) in [5, 5.41) is 0. The van der Waals surface area contributed by atoms with Crippen LogP contribution in [0.2, 0.25) is 0 Å². The van der Waals surface area contributed by atoms with Crippen molar-refractivity contribution in [1.29, 1.82) is 0 Å².